The van der Waals surface area contributed by atoms with Crippen LogP contribution in [-0.2, 0) is 29.6 Å². The lowest BCUT2D eigenvalue weighted by molar-refractivity contribution is -0.568. The van der Waals surface area contributed by atoms with Crippen LogP contribution in [0.15, 0.2) is 0 Å². The molecule has 0 N–H and O–H groups in total. The topological polar surface area (TPSA) is 55.4 Å². The van der Waals surface area contributed by atoms with E-state index >= 15 is 0 Å². The maximum Gasteiger partial charge on any atom is 0.421 e. The second kappa shape index (κ2) is 6.76. The summed E-state index contributed by atoms with van der Waals surface area (Å²) in [4.78, 5) is 14.1. The molecule has 0 atom stereocenters. The first-order chi connectivity index (χ1) is 7.15. The van der Waals surface area contributed by atoms with Crippen LogP contribution in [0.1, 0.15) is 0 Å². The van der Waals surface area contributed by atoms with Gasteiger partial charge in [-0.3, -0.25) is 0 Å². The smallest absolute Gasteiger partial charge is 0.169 e. The SMILES string of the molecule is FO[C](C(OF)OF)C(OF)(OF)OF. The summed E-state index contributed by atoms with van der Waals surface area (Å²) in [6, 6.07) is 0. The molecule has 0 aromatic heterocycles. The Bertz CT molecular complexity index is 155. The molecule has 0 aromatic carbocycles. The highest BCUT2D eigenvalue weighted by molar-refractivity contribution is 4.90. The Morgan fingerprint density at radius 3 is 1.40 bits per heavy atom. The summed E-state index contributed by atoms with van der Waals surface area (Å²) in [6.45, 7) is 0. The molecule has 12 heteroatoms. The third-order valence-electron chi connectivity index (χ3n) is 1.07. The van der Waals surface area contributed by atoms with Gasteiger partial charge in [0, 0.05) is 0 Å². The van der Waals surface area contributed by atoms with Gasteiger partial charge in [-0.1, -0.05) is 0 Å². The van der Waals surface area contributed by atoms with E-state index in [2.05, 4.69) is 29.6 Å². The van der Waals surface area contributed by atoms with Crippen LogP contribution in [0, 0.1) is 6.10 Å². The van der Waals surface area contributed by atoms with Crippen molar-refractivity contribution in [3.8, 4) is 0 Å². The third kappa shape index (κ3) is 2.90. The lowest BCUT2D eigenvalue weighted by Crippen LogP contribution is -2.46. The molecule has 0 spiro atoms. The Kier molecular flexibility index (Phi) is 6.46. The van der Waals surface area contributed by atoms with Gasteiger partial charge in [0.15, 0.2) is 0 Å². The van der Waals surface area contributed by atoms with Gasteiger partial charge in [0.05, 0.1) is 0 Å². The maximum absolute atomic E-state index is 11.6. The minimum atomic E-state index is -4.29. The van der Waals surface area contributed by atoms with E-state index in [0.29, 0.717) is 0 Å². The van der Waals surface area contributed by atoms with Crippen molar-refractivity contribution in [1.29, 1.82) is 0 Å². The van der Waals surface area contributed by atoms with Gasteiger partial charge in [0.1, 0.15) is 0 Å². The first-order valence-corrected chi connectivity index (χ1v) is 2.75. The zero-order chi connectivity index (χ0) is 11.9. The fourth-order valence-corrected chi connectivity index (χ4v) is 0.472. The molecule has 0 heterocycles. The molecular formula is C3HF6O6. The van der Waals surface area contributed by atoms with Crippen LogP contribution in [0.5, 0.6) is 0 Å². The quantitative estimate of drug-likeness (QED) is 0.482. The summed E-state index contributed by atoms with van der Waals surface area (Å²) in [5.74, 6) is -4.29. The summed E-state index contributed by atoms with van der Waals surface area (Å²) in [5, 5.41) is 0. The molecule has 91 valence electrons. The van der Waals surface area contributed by atoms with Crippen molar-refractivity contribution in [2.24, 2.45) is 0 Å². The van der Waals surface area contributed by atoms with E-state index in [9.17, 15) is 27.2 Å². The molecule has 0 fully saturated rings. The summed E-state index contributed by atoms with van der Waals surface area (Å²) in [7, 11) is 0. The first kappa shape index (κ1) is 14.3. The Labute approximate surface area is 76.5 Å². The minimum Gasteiger partial charge on any atom is -0.169 e. The number of rotatable bonds is 8. The van der Waals surface area contributed by atoms with Gasteiger partial charge in [-0.2, -0.15) is 14.8 Å². The highest BCUT2D eigenvalue weighted by atomic mass is 19.3. The second-order valence-electron chi connectivity index (χ2n) is 1.74. The monoisotopic (exact) mass is 247 g/mol. The van der Waals surface area contributed by atoms with Gasteiger partial charge < -0.3 is 0 Å². The zero-order valence-electron chi connectivity index (χ0n) is 6.29. The van der Waals surface area contributed by atoms with Crippen LogP contribution in [0.4, 0.5) is 27.2 Å². The Morgan fingerprint density at radius 1 is 0.800 bits per heavy atom. The van der Waals surface area contributed by atoms with Gasteiger partial charge in [0.2, 0.25) is 0 Å². The van der Waals surface area contributed by atoms with Crippen molar-refractivity contribution in [3.63, 3.8) is 0 Å². The summed E-state index contributed by atoms with van der Waals surface area (Å²) in [6.07, 6.45) is -5.47. The van der Waals surface area contributed by atoms with Crippen molar-refractivity contribution in [3.05, 3.63) is 6.10 Å². The molecular weight excluding hydrogens is 246 g/mol. The van der Waals surface area contributed by atoms with Crippen LogP contribution < -0.4 is 0 Å². The van der Waals surface area contributed by atoms with Crippen LogP contribution in [0.25, 0.3) is 0 Å². The lowest BCUT2D eigenvalue weighted by atomic mass is 10.3. The summed E-state index contributed by atoms with van der Waals surface area (Å²) < 4.78 is 68.9. The van der Waals surface area contributed by atoms with E-state index in [-0.39, 0.29) is 0 Å². The van der Waals surface area contributed by atoms with Gasteiger partial charge in [-0.25, -0.2) is 0 Å². The molecule has 0 aliphatic heterocycles. The van der Waals surface area contributed by atoms with Crippen molar-refractivity contribution in [2.45, 2.75) is 12.3 Å². The van der Waals surface area contributed by atoms with E-state index in [1.54, 1.807) is 0 Å². The Morgan fingerprint density at radius 2 is 1.20 bits per heavy atom. The first-order valence-electron chi connectivity index (χ1n) is 2.75. The minimum absolute atomic E-state index is 2.28. The van der Waals surface area contributed by atoms with E-state index in [4.69, 9.17) is 0 Å². The van der Waals surface area contributed by atoms with Crippen molar-refractivity contribution >= 4 is 0 Å². The third-order valence-corrected chi connectivity index (χ3v) is 1.07. The molecule has 0 aliphatic carbocycles. The molecule has 0 bridgehead atoms. The largest absolute Gasteiger partial charge is 0.421 e. The molecule has 0 unspecified atom stereocenters. The van der Waals surface area contributed by atoms with E-state index in [1.165, 1.54) is 0 Å². The average molecular weight is 247 g/mol. The van der Waals surface area contributed by atoms with E-state index < -0.39 is 18.4 Å². The highest BCUT2D eigenvalue weighted by Gasteiger charge is 2.58. The predicted molar refractivity (Wildman–Crippen MR) is 22.9 cm³/mol. The average Bonchev–Trinajstić information content (AvgIpc) is 2.30. The maximum atomic E-state index is 11.6. The molecule has 0 rings (SSSR count). The molecule has 0 aliphatic rings. The standard InChI is InChI=1S/C3HF6O6/c4-10-1(2(11-5)12-6)3(13-7,14-8)15-9/h2H. The fraction of sp³-hybridized carbons (Fsp3) is 0.667. The van der Waals surface area contributed by atoms with Gasteiger partial charge in [-0.05, 0) is 27.2 Å². The Balaban J connectivity index is 4.86. The van der Waals surface area contributed by atoms with Crippen molar-refractivity contribution < 1.29 is 56.8 Å². The molecule has 1 radical (unpaired) electrons. The van der Waals surface area contributed by atoms with Gasteiger partial charge in [0.25, 0.3) is 12.4 Å². The van der Waals surface area contributed by atoms with Crippen LogP contribution in [0.2, 0.25) is 0 Å². The van der Waals surface area contributed by atoms with Crippen LogP contribution in [0.3, 0.4) is 0 Å². The summed E-state index contributed by atoms with van der Waals surface area (Å²) >= 11 is 0. The van der Waals surface area contributed by atoms with Crippen molar-refractivity contribution in [2.75, 3.05) is 0 Å². The highest BCUT2D eigenvalue weighted by Crippen LogP contribution is 2.35. The van der Waals surface area contributed by atoms with Crippen LogP contribution >= 0.6 is 0 Å². The normalized spacial score (nSPS) is 12.8. The molecule has 0 aromatic rings. The Hall–Kier alpha value is -0.660. The number of hydrogen-bond donors (Lipinski definition) is 0. The van der Waals surface area contributed by atoms with Gasteiger partial charge >= 0.3 is 5.97 Å². The number of halogens is 6. The predicted octanol–water partition coefficient (Wildman–Crippen LogP) is 1.90. The second-order valence-corrected chi connectivity index (χ2v) is 1.74. The van der Waals surface area contributed by atoms with Gasteiger partial charge in [-0.15, -0.1) is 14.8 Å². The molecule has 6 nitrogen and oxygen atoms in total. The molecule has 0 saturated carbocycles. The molecule has 0 amide bonds. The van der Waals surface area contributed by atoms with Crippen molar-refractivity contribution in [1.82, 2.24) is 0 Å². The van der Waals surface area contributed by atoms with E-state index in [1.807, 2.05) is 0 Å². The van der Waals surface area contributed by atoms with E-state index in [0.717, 1.165) is 0 Å². The lowest BCUT2D eigenvalue weighted by Gasteiger charge is -2.24. The zero-order valence-corrected chi connectivity index (χ0v) is 6.29. The fourth-order valence-electron chi connectivity index (χ4n) is 0.472. The molecule has 0 saturated heterocycles. The molecule has 15 heavy (non-hydrogen) atoms. The van der Waals surface area contributed by atoms with Crippen LogP contribution in [-0.4, -0.2) is 12.3 Å². The summed E-state index contributed by atoms with van der Waals surface area (Å²) in [5.41, 5.74) is 0. The number of hydrogen-bond acceptors (Lipinski definition) is 6.